The molecular weight excluding hydrogens is 280 g/mol. The van der Waals surface area contributed by atoms with Gasteiger partial charge in [-0.1, -0.05) is 23.8 Å². The second-order valence-electron chi connectivity index (χ2n) is 4.94. The molecule has 0 spiro atoms. The summed E-state index contributed by atoms with van der Waals surface area (Å²) in [6.45, 7) is 10.8. The summed E-state index contributed by atoms with van der Waals surface area (Å²) in [5.74, 6) is 0. The van der Waals surface area contributed by atoms with Gasteiger partial charge in [-0.05, 0) is 27.7 Å². The number of thiocarbonyl (C=S) groups is 1. The Labute approximate surface area is 125 Å². The van der Waals surface area contributed by atoms with Crippen LogP contribution in [-0.2, 0) is 13.1 Å². The van der Waals surface area contributed by atoms with Crippen molar-refractivity contribution in [3.8, 4) is 0 Å². The van der Waals surface area contributed by atoms with E-state index in [-0.39, 0.29) is 0 Å². The van der Waals surface area contributed by atoms with Crippen molar-refractivity contribution in [3.05, 3.63) is 16.4 Å². The highest BCUT2D eigenvalue weighted by Crippen LogP contribution is 2.22. The summed E-state index contributed by atoms with van der Waals surface area (Å²) in [5, 5.41) is 5.21. The molecule has 1 aromatic rings. The molecule has 108 valence electrons. The van der Waals surface area contributed by atoms with E-state index in [2.05, 4.69) is 30.8 Å². The topological polar surface area (TPSA) is 47.1 Å². The zero-order chi connectivity index (χ0) is 14.6. The van der Waals surface area contributed by atoms with E-state index in [1.54, 1.807) is 0 Å². The minimum absolute atomic E-state index is 0.408. The van der Waals surface area contributed by atoms with Crippen LogP contribution in [-0.4, -0.2) is 32.3 Å². The Morgan fingerprint density at radius 2 is 2.16 bits per heavy atom. The Hall–Kier alpha value is -0.650. The number of aromatic nitrogens is 2. The van der Waals surface area contributed by atoms with Crippen molar-refractivity contribution >= 4 is 28.8 Å². The molecule has 4 nitrogen and oxygen atoms in total. The molecule has 0 saturated heterocycles. The van der Waals surface area contributed by atoms with Crippen molar-refractivity contribution in [1.29, 1.82) is 0 Å². The SMILES string of the molecule is CCn1nc(C)c(Cl)c1CN(CCC(N)=S)C(C)C. The first-order chi connectivity index (χ1) is 8.86. The van der Waals surface area contributed by atoms with Gasteiger partial charge in [-0.3, -0.25) is 9.58 Å². The highest BCUT2D eigenvalue weighted by molar-refractivity contribution is 7.80. The Morgan fingerprint density at radius 1 is 1.53 bits per heavy atom. The number of hydrogen-bond donors (Lipinski definition) is 1. The van der Waals surface area contributed by atoms with E-state index in [0.29, 0.717) is 11.0 Å². The molecule has 0 aliphatic rings. The van der Waals surface area contributed by atoms with Crippen LogP contribution in [0.1, 0.15) is 38.6 Å². The third-order valence-corrected chi connectivity index (χ3v) is 3.88. The quantitative estimate of drug-likeness (QED) is 0.787. The predicted molar refractivity (Wildman–Crippen MR) is 84.6 cm³/mol. The van der Waals surface area contributed by atoms with Crippen molar-refractivity contribution in [2.75, 3.05) is 6.54 Å². The average molecular weight is 303 g/mol. The first-order valence-corrected chi connectivity index (χ1v) is 7.39. The zero-order valence-electron chi connectivity index (χ0n) is 12.1. The van der Waals surface area contributed by atoms with Crippen LogP contribution in [0, 0.1) is 6.92 Å². The lowest BCUT2D eigenvalue weighted by molar-refractivity contribution is 0.213. The van der Waals surface area contributed by atoms with Gasteiger partial charge in [-0.15, -0.1) is 0 Å². The average Bonchev–Trinajstić information content (AvgIpc) is 2.60. The molecular formula is C13H23ClN4S. The van der Waals surface area contributed by atoms with Gasteiger partial charge in [0.05, 0.1) is 21.4 Å². The lowest BCUT2D eigenvalue weighted by Crippen LogP contribution is -2.34. The maximum absolute atomic E-state index is 6.34. The molecule has 19 heavy (non-hydrogen) atoms. The highest BCUT2D eigenvalue weighted by atomic mass is 35.5. The van der Waals surface area contributed by atoms with Crippen molar-refractivity contribution in [2.45, 2.75) is 53.2 Å². The van der Waals surface area contributed by atoms with E-state index >= 15 is 0 Å². The van der Waals surface area contributed by atoms with E-state index in [0.717, 1.165) is 42.5 Å². The molecule has 0 bridgehead atoms. The van der Waals surface area contributed by atoms with E-state index < -0.39 is 0 Å². The molecule has 0 aliphatic carbocycles. The van der Waals surface area contributed by atoms with Crippen molar-refractivity contribution in [3.63, 3.8) is 0 Å². The molecule has 1 heterocycles. The standard InChI is InChI=1S/C13H23ClN4S/c1-5-18-11(13(14)10(4)16-18)8-17(9(2)3)7-6-12(15)19/h9H,5-8H2,1-4H3,(H2,15,19). The van der Waals surface area contributed by atoms with Crippen LogP contribution in [0.25, 0.3) is 0 Å². The van der Waals surface area contributed by atoms with Gasteiger partial charge >= 0.3 is 0 Å². The lowest BCUT2D eigenvalue weighted by atomic mass is 10.2. The largest absolute Gasteiger partial charge is 0.393 e. The third kappa shape index (κ3) is 4.44. The molecule has 0 radical (unpaired) electrons. The molecule has 0 atom stereocenters. The summed E-state index contributed by atoms with van der Waals surface area (Å²) in [5.41, 5.74) is 7.54. The Kier molecular flexibility index (Phi) is 6.23. The smallest absolute Gasteiger partial charge is 0.0860 e. The number of rotatable bonds is 7. The van der Waals surface area contributed by atoms with Gasteiger partial charge in [0.1, 0.15) is 0 Å². The fourth-order valence-corrected chi connectivity index (χ4v) is 2.27. The van der Waals surface area contributed by atoms with E-state index in [1.807, 2.05) is 11.6 Å². The number of hydrogen-bond acceptors (Lipinski definition) is 3. The maximum Gasteiger partial charge on any atom is 0.0860 e. The molecule has 1 aromatic heterocycles. The molecule has 0 aliphatic heterocycles. The first kappa shape index (κ1) is 16.4. The molecule has 0 fully saturated rings. The van der Waals surface area contributed by atoms with Crippen LogP contribution in [0.2, 0.25) is 5.02 Å². The summed E-state index contributed by atoms with van der Waals surface area (Å²) in [7, 11) is 0. The van der Waals surface area contributed by atoms with E-state index in [9.17, 15) is 0 Å². The number of nitrogens with zero attached hydrogens (tertiary/aromatic N) is 3. The van der Waals surface area contributed by atoms with Gasteiger partial charge in [-0.25, -0.2) is 0 Å². The summed E-state index contributed by atoms with van der Waals surface area (Å²) >= 11 is 11.3. The molecule has 6 heteroatoms. The second-order valence-corrected chi connectivity index (χ2v) is 5.84. The lowest BCUT2D eigenvalue weighted by Gasteiger charge is -2.26. The van der Waals surface area contributed by atoms with E-state index in [4.69, 9.17) is 29.6 Å². The molecule has 2 N–H and O–H groups in total. The van der Waals surface area contributed by atoms with Crippen molar-refractivity contribution in [1.82, 2.24) is 14.7 Å². The monoisotopic (exact) mass is 302 g/mol. The summed E-state index contributed by atoms with van der Waals surface area (Å²) in [6, 6.07) is 0.408. The number of aryl methyl sites for hydroxylation is 2. The van der Waals surface area contributed by atoms with Crippen LogP contribution >= 0.6 is 23.8 Å². The highest BCUT2D eigenvalue weighted by Gasteiger charge is 2.18. The van der Waals surface area contributed by atoms with Gasteiger partial charge in [0.2, 0.25) is 0 Å². The summed E-state index contributed by atoms with van der Waals surface area (Å²) < 4.78 is 1.97. The van der Waals surface area contributed by atoms with Gasteiger partial charge in [0.25, 0.3) is 0 Å². The first-order valence-electron chi connectivity index (χ1n) is 6.60. The van der Waals surface area contributed by atoms with Crippen LogP contribution in [0.5, 0.6) is 0 Å². The van der Waals surface area contributed by atoms with Crippen LogP contribution in [0.3, 0.4) is 0 Å². The van der Waals surface area contributed by atoms with Gasteiger partial charge in [-0.2, -0.15) is 5.10 Å². The Morgan fingerprint density at radius 3 is 2.63 bits per heavy atom. The van der Waals surface area contributed by atoms with Crippen LogP contribution < -0.4 is 5.73 Å². The zero-order valence-corrected chi connectivity index (χ0v) is 13.7. The molecule has 0 saturated carbocycles. The van der Waals surface area contributed by atoms with Crippen LogP contribution in [0.15, 0.2) is 0 Å². The molecule has 0 amide bonds. The van der Waals surface area contributed by atoms with Gasteiger partial charge < -0.3 is 5.73 Å². The fourth-order valence-electron chi connectivity index (χ4n) is 1.99. The van der Waals surface area contributed by atoms with Gasteiger partial charge in [0.15, 0.2) is 0 Å². The maximum atomic E-state index is 6.34. The normalized spacial score (nSPS) is 11.5. The van der Waals surface area contributed by atoms with Crippen molar-refractivity contribution in [2.24, 2.45) is 5.73 Å². The summed E-state index contributed by atoms with van der Waals surface area (Å²) in [6.07, 6.45) is 0.727. The minimum atomic E-state index is 0.408. The molecule has 0 aromatic carbocycles. The second kappa shape index (κ2) is 7.22. The minimum Gasteiger partial charge on any atom is -0.393 e. The van der Waals surface area contributed by atoms with Gasteiger partial charge in [0, 0.05) is 32.1 Å². The van der Waals surface area contributed by atoms with E-state index in [1.165, 1.54) is 0 Å². The predicted octanol–water partition coefficient (Wildman–Crippen LogP) is 2.75. The molecule has 1 rings (SSSR count). The number of halogens is 1. The third-order valence-electron chi connectivity index (χ3n) is 3.18. The number of nitrogens with two attached hydrogens (primary N) is 1. The Bertz CT molecular complexity index is 442. The van der Waals surface area contributed by atoms with Crippen LogP contribution in [0.4, 0.5) is 0 Å². The molecule has 0 unspecified atom stereocenters. The summed E-state index contributed by atoms with van der Waals surface area (Å²) in [4.78, 5) is 2.87. The fraction of sp³-hybridized carbons (Fsp3) is 0.692. The van der Waals surface area contributed by atoms with Crippen molar-refractivity contribution < 1.29 is 0 Å². The Balaban J connectivity index is 2.87.